The van der Waals surface area contributed by atoms with Crippen molar-refractivity contribution in [3.05, 3.63) is 30.2 Å². The molecule has 0 saturated carbocycles. The zero-order valence-corrected chi connectivity index (χ0v) is 12.7. The number of amides is 1. The molecule has 2 rings (SSSR count). The van der Waals surface area contributed by atoms with E-state index in [1.54, 1.807) is 0 Å². The number of aliphatic carboxylic acids is 1. The van der Waals surface area contributed by atoms with Crippen molar-refractivity contribution in [3.63, 3.8) is 0 Å². The van der Waals surface area contributed by atoms with Crippen molar-refractivity contribution in [2.45, 2.75) is 32.1 Å². The van der Waals surface area contributed by atoms with Crippen molar-refractivity contribution < 1.29 is 27.9 Å². The van der Waals surface area contributed by atoms with Crippen LogP contribution in [0.4, 0.5) is 19.0 Å². The highest BCUT2D eigenvalue weighted by Gasteiger charge is 2.33. The Morgan fingerprint density at radius 3 is 2.42 bits per heavy atom. The number of carboxylic acid groups (broad SMARTS) is 1. The van der Waals surface area contributed by atoms with Gasteiger partial charge in [0.1, 0.15) is 6.54 Å². The molecule has 0 aliphatic carbocycles. The predicted octanol–water partition coefficient (Wildman–Crippen LogP) is 1.56. The Balaban J connectivity index is 2.02. The Hall–Kier alpha value is -2.85. The van der Waals surface area contributed by atoms with Gasteiger partial charge in [-0.05, 0) is 19.9 Å². The van der Waals surface area contributed by atoms with Crippen LogP contribution in [0.1, 0.15) is 19.5 Å². The van der Waals surface area contributed by atoms with Crippen LogP contribution >= 0.6 is 0 Å². The third-order valence-corrected chi connectivity index (χ3v) is 3.19. The highest BCUT2D eigenvalue weighted by Crippen LogP contribution is 2.27. The topological polar surface area (TPSA) is 102 Å². The first-order valence-electron chi connectivity index (χ1n) is 6.70. The molecule has 11 heteroatoms. The van der Waals surface area contributed by atoms with Crippen LogP contribution in [0.15, 0.2) is 24.5 Å². The van der Waals surface area contributed by atoms with E-state index in [2.05, 4.69) is 15.5 Å². The number of carboxylic acids is 1. The molecule has 0 saturated heterocycles. The van der Waals surface area contributed by atoms with Gasteiger partial charge in [0, 0.05) is 18.5 Å². The van der Waals surface area contributed by atoms with E-state index in [1.807, 2.05) is 0 Å². The number of carbonyl (C=O) groups is 2. The molecule has 2 aromatic rings. The lowest BCUT2D eigenvalue weighted by atomic mass is 10.1. The zero-order chi connectivity index (χ0) is 18.1. The summed E-state index contributed by atoms with van der Waals surface area (Å²) >= 11 is 0. The van der Waals surface area contributed by atoms with E-state index in [0.717, 1.165) is 21.6 Å². The number of alkyl halides is 3. The maximum atomic E-state index is 12.4. The molecule has 0 aliphatic rings. The van der Waals surface area contributed by atoms with E-state index < -0.39 is 35.8 Å². The SMILES string of the molecule is CC(C)(C(=O)O)n1ccc(NC(=O)Cn2ccc(C(F)(F)F)n2)n1. The number of nitrogens with zero attached hydrogens (tertiary/aromatic N) is 4. The monoisotopic (exact) mass is 345 g/mol. The summed E-state index contributed by atoms with van der Waals surface area (Å²) in [5.41, 5.74) is -2.41. The normalized spacial score (nSPS) is 12.2. The quantitative estimate of drug-likeness (QED) is 0.856. The van der Waals surface area contributed by atoms with Crippen LogP contribution in [0, 0.1) is 0 Å². The molecular formula is C13H14F3N5O3. The van der Waals surface area contributed by atoms with Gasteiger partial charge in [0.15, 0.2) is 17.1 Å². The smallest absolute Gasteiger partial charge is 0.435 e. The van der Waals surface area contributed by atoms with Gasteiger partial charge in [-0.25, -0.2) is 4.79 Å². The lowest BCUT2D eigenvalue weighted by molar-refractivity contribution is -0.146. The number of anilines is 1. The average Bonchev–Trinajstić information content (AvgIpc) is 3.07. The molecular weight excluding hydrogens is 331 g/mol. The summed E-state index contributed by atoms with van der Waals surface area (Å²) in [5.74, 6) is -1.68. The van der Waals surface area contributed by atoms with Gasteiger partial charge in [-0.15, -0.1) is 0 Å². The lowest BCUT2D eigenvalue weighted by Gasteiger charge is -2.19. The fraction of sp³-hybridized carbons (Fsp3) is 0.385. The largest absolute Gasteiger partial charge is 0.479 e. The molecule has 2 heterocycles. The molecule has 1 amide bonds. The summed E-state index contributed by atoms with van der Waals surface area (Å²) < 4.78 is 39.3. The molecule has 2 aromatic heterocycles. The zero-order valence-electron chi connectivity index (χ0n) is 12.7. The van der Waals surface area contributed by atoms with E-state index in [1.165, 1.54) is 26.1 Å². The maximum Gasteiger partial charge on any atom is 0.435 e. The Morgan fingerprint density at radius 2 is 1.88 bits per heavy atom. The third kappa shape index (κ3) is 3.73. The summed E-state index contributed by atoms with van der Waals surface area (Å²) in [6.45, 7) is 2.41. The second-order valence-electron chi connectivity index (χ2n) is 5.45. The van der Waals surface area contributed by atoms with Crippen LogP contribution in [0.5, 0.6) is 0 Å². The van der Waals surface area contributed by atoms with Crippen molar-refractivity contribution in [1.29, 1.82) is 0 Å². The van der Waals surface area contributed by atoms with Gasteiger partial charge in [-0.3, -0.25) is 14.2 Å². The molecule has 0 aliphatic heterocycles. The minimum Gasteiger partial charge on any atom is -0.479 e. The first-order chi connectivity index (χ1) is 11.0. The van der Waals surface area contributed by atoms with Crippen LogP contribution in [-0.4, -0.2) is 36.5 Å². The van der Waals surface area contributed by atoms with Crippen molar-refractivity contribution >= 4 is 17.7 Å². The molecule has 0 aromatic carbocycles. The lowest BCUT2D eigenvalue weighted by Crippen LogP contribution is -2.36. The molecule has 2 N–H and O–H groups in total. The Bertz CT molecular complexity index is 763. The van der Waals surface area contributed by atoms with Crippen LogP contribution in [0.3, 0.4) is 0 Å². The number of aromatic nitrogens is 4. The maximum absolute atomic E-state index is 12.4. The molecule has 0 bridgehead atoms. The van der Waals surface area contributed by atoms with Gasteiger partial charge in [-0.2, -0.15) is 23.4 Å². The summed E-state index contributed by atoms with van der Waals surface area (Å²) in [7, 11) is 0. The molecule has 0 unspecified atom stereocenters. The number of carbonyl (C=O) groups excluding carboxylic acids is 1. The van der Waals surface area contributed by atoms with Gasteiger partial charge >= 0.3 is 12.1 Å². The van der Waals surface area contributed by atoms with E-state index in [0.29, 0.717) is 0 Å². The van der Waals surface area contributed by atoms with E-state index in [-0.39, 0.29) is 5.82 Å². The van der Waals surface area contributed by atoms with Gasteiger partial charge in [0.2, 0.25) is 5.91 Å². The Labute approximate surface area is 133 Å². The van der Waals surface area contributed by atoms with Crippen molar-refractivity contribution in [3.8, 4) is 0 Å². The first-order valence-corrected chi connectivity index (χ1v) is 6.70. The molecule has 0 atom stereocenters. The number of hydrogen-bond donors (Lipinski definition) is 2. The molecule has 0 spiro atoms. The third-order valence-electron chi connectivity index (χ3n) is 3.19. The second-order valence-corrected chi connectivity index (χ2v) is 5.45. The minimum atomic E-state index is -4.58. The number of nitrogens with one attached hydrogen (secondary N) is 1. The van der Waals surface area contributed by atoms with E-state index in [9.17, 15) is 22.8 Å². The number of hydrogen-bond acceptors (Lipinski definition) is 4. The van der Waals surface area contributed by atoms with Gasteiger partial charge in [0.25, 0.3) is 0 Å². The van der Waals surface area contributed by atoms with Gasteiger partial charge in [-0.1, -0.05) is 0 Å². The summed E-state index contributed by atoms with van der Waals surface area (Å²) in [6, 6.07) is 2.14. The second kappa shape index (κ2) is 5.98. The fourth-order valence-corrected chi connectivity index (χ4v) is 1.73. The average molecular weight is 345 g/mol. The fourth-order valence-electron chi connectivity index (χ4n) is 1.73. The van der Waals surface area contributed by atoms with Crippen LogP contribution in [0.25, 0.3) is 0 Å². The number of rotatable bonds is 5. The van der Waals surface area contributed by atoms with Crippen molar-refractivity contribution in [2.75, 3.05) is 5.32 Å². The first kappa shape index (κ1) is 17.5. The van der Waals surface area contributed by atoms with Crippen molar-refractivity contribution in [1.82, 2.24) is 19.6 Å². The van der Waals surface area contributed by atoms with Gasteiger partial charge < -0.3 is 10.4 Å². The summed E-state index contributed by atoms with van der Waals surface area (Å²) in [4.78, 5) is 22.9. The van der Waals surface area contributed by atoms with Gasteiger partial charge in [0.05, 0.1) is 0 Å². The molecule has 0 radical (unpaired) electrons. The molecule has 130 valence electrons. The van der Waals surface area contributed by atoms with Crippen LogP contribution in [0.2, 0.25) is 0 Å². The van der Waals surface area contributed by atoms with E-state index in [4.69, 9.17) is 5.11 Å². The van der Waals surface area contributed by atoms with Crippen LogP contribution < -0.4 is 5.32 Å². The summed E-state index contributed by atoms with van der Waals surface area (Å²) in [6.07, 6.45) is -2.17. The Kier molecular flexibility index (Phi) is 4.36. The van der Waals surface area contributed by atoms with Crippen molar-refractivity contribution in [2.24, 2.45) is 0 Å². The predicted molar refractivity (Wildman–Crippen MR) is 75.0 cm³/mol. The highest BCUT2D eigenvalue weighted by atomic mass is 19.4. The Morgan fingerprint density at radius 1 is 1.21 bits per heavy atom. The highest BCUT2D eigenvalue weighted by molar-refractivity contribution is 5.89. The number of halogens is 3. The molecule has 8 nitrogen and oxygen atoms in total. The molecule has 0 fully saturated rings. The summed E-state index contributed by atoms with van der Waals surface area (Å²) in [5, 5.41) is 18.6. The molecule has 24 heavy (non-hydrogen) atoms. The van der Waals surface area contributed by atoms with E-state index >= 15 is 0 Å². The standard InChI is InChI=1S/C13H14F3N5O3/c1-12(2,11(23)24)21-6-4-9(19-21)17-10(22)7-20-5-3-8(18-20)13(14,15)16/h3-6H,7H2,1-2H3,(H,23,24)(H,17,19,22). The van der Waals surface area contributed by atoms with Crippen LogP contribution in [-0.2, 0) is 27.8 Å². The minimum absolute atomic E-state index is 0.0810.